The molecule has 0 spiro atoms. The van der Waals surface area contributed by atoms with Gasteiger partial charge in [-0.05, 0) is 30.2 Å². The van der Waals surface area contributed by atoms with Gasteiger partial charge in [0.15, 0.2) is 11.2 Å². The highest BCUT2D eigenvalue weighted by atomic mass is 35.5. The van der Waals surface area contributed by atoms with E-state index in [2.05, 4.69) is 21.5 Å². The first-order chi connectivity index (χ1) is 16.6. The number of benzene rings is 1. The lowest BCUT2D eigenvalue weighted by atomic mass is 10.0. The minimum atomic E-state index is -4.03. The summed E-state index contributed by atoms with van der Waals surface area (Å²) in [5.41, 5.74) is 6.46. The van der Waals surface area contributed by atoms with E-state index in [1.54, 1.807) is 4.57 Å². The van der Waals surface area contributed by atoms with Crippen LogP contribution >= 0.6 is 19.4 Å². The van der Waals surface area contributed by atoms with E-state index < -0.39 is 43.4 Å². The number of phosphoric ester groups is 1. The molecule has 1 aromatic carbocycles. The number of nitrogens with one attached hydrogen (secondary N) is 1. The van der Waals surface area contributed by atoms with Crippen molar-refractivity contribution in [3.8, 4) is 0 Å². The average molecular weight is 526 g/mol. The molecule has 11 nitrogen and oxygen atoms in total. The Kier molecular flexibility index (Phi) is 6.28. The van der Waals surface area contributed by atoms with Gasteiger partial charge in [0.05, 0.1) is 37.8 Å². The highest BCUT2D eigenvalue weighted by Gasteiger charge is 2.42. The van der Waals surface area contributed by atoms with Crippen molar-refractivity contribution in [3.05, 3.63) is 63.4 Å². The van der Waals surface area contributed by atoms with Crippen LogP contribution in [0.5, 0.6) is 0 Å². The second kappa shape index (κ2) is 9.12. The van der Waals surface area contributed by atoms with Gasteiger partial charge >= 0.3 is 7.82 Å². The van der Waals surface area contributed by atoms with Gasteiger partial charge in [0.25, 0.3) is 5.56 Å². The third-order valence-electron chi connectivity index (χ3n) is 6.22. The molecule has 0 radical (unpaired) electrons. The first-order valence-electron chi connectivity index (χ1n) is 10.8. The van der Waals surface area contributed by atoms with Gasteiger partial charge in [-0.25, -0.2) is 13.9 Å². The molecule has 1 saturated heterocycles. The molecular formula is C21H22ClFN5O6P. The molecule has 0 amide bonds. The molecule has 3 aromatic rings. The first-order valence-corrected chi connectivity index (χ1v) is 12.6. The molecule has 1 aliphatic heterocycles. The van der Waals surface area contributed by atoms with Crippen LogP contribution in [0, 0.1) is 11.7 Å². The topological polar surface area (TPSA) is 155 Å². The average Bonchev–Trinajstić information content (AvgIpc) is 3.34. The standard InChI is InChI=1S/C21H22ClFN5O6P/c1-10-13(16(29)7-15(10)28-9-25-18-19(28)26-21(24)27-20(18)30)8-33-35(31)32-5-4-17(34-35)12-6-11(23)2-3-14(12)22/h2-3,6,9,13,15-17,29H,1,4-5,7-8H2,(H3,24,26,27,30)/t13-,15-,16-,17+,35?/m0/s1. The summed E-state index contributed by atoms with van der Waals surface area (Å²) < 4.78 is 44.9. The van der Waals surface area contributed by atoms with E-state index in [1.165, 1.54) is 24.5 Å². The number of hydrogen-bond acceptors (Lipinski definition) is 9. The van der Waals surface area contributed by atoms with Crippen LogP contribution in [0.1, 0.15) is 30.6 Å². The van der Waals surface area contributed by atoms with E-state index in [9.17, 15) is 18.9 Å². The Bertz CT molecular complexity index is 1410. The second-order valence-corrected chi connectivity index (χ2v) is 10.4. The van der Waals surface area contributed by atoms with Crippen LogP contribution in [-0.4, -0.2) is 43.9 Å². The molecule has 186 valence electrons. The van der Waals surface area contributed by atoms with Gasteiger partial charge in [-0.15, -0.1) is 0 Å². The van der Waals surface area contributed by atoms with Crippen molar-refractivity contribution in [3.63, 3.8) is 0 Å². The number of hydrogen-bond donors (Lipinski definition) is 3. The molecule has 5 atom stereocenters. The molecule has 1 aliphatic carbocycles. The summed E-state index contributed by atoms with van der Waals surface area (Å²) in [5, 5.41) is 11.0. The zero-order valence-electron chi connectivity index (χ0n) is 18.3. The number of nitrogens with zero attached hydrogens (tertiary/aromatic N) is 3. The van der Waals surface area contributed by atoms with E-state index in [1.807, 2.05) is 0 Å². The van der Waals surface area contributed by atoms with Gasteiger partial charge in [-0.3, -0.25) is 23.3 Å². The van der Waals surface area contributed by atoms with Crippen LogP contribution in [0.3, 0.4) is 0 Å². The van der Waals surface area contributed by atoms with Gasteiger partial charge in [-0.1, -0.05) is 18.2 Å². The third-order valence-corrected chi connectivity index (χ3v) is 8.04. The van der Waals surface area contributed by atoms with Crippen molar-refractivity contribution in [2.45, 2.75) is 31.1 Å². The zero-order chi connectivity index (χ0) is 24.9. The summed E-state index contributed by atoms with van der Waals surface area (Å²) in [7, 11) is -4.03. The molecule has 3 heterocycles. The van der Waals surface area contributed by atoms with E-state index in [-0.39, 0.29) is 41.8 Å². The maximum atomic E-state index is 13.7. The predicted octanol–water partition coefficient (Wildman–Crippen LogP) is 3.28. The van der Waals surface area contributed by atoms with Gasteiger partial charge in [0, 0.05) is 22.9 Å². The molecule has 35 heavy (non-hydrogen) atoms. The number of aromatic nitrogens is 4. The second-order valence-electron chi connectivity index (χ2n) is 8.40. The van der Waals surface area contributed by atoms with Crippen LogP contribution in [0.2, 0.25) is 5.02 Å². The minimum Gasteiger partial charge on any atom is -0.392 e. The van der Waals surface area contributed by atoms with Crippen molar-refractivity contribution < 1.29 is 27.6 Å². The molecule has 4 N–H and O–H groups in total. The predicted molar refractivity (Wildman–Crippen MR) is 124 cm³/mol. The zero-order valence-corrected chi connectivity index (χ0v) is 19.9. The number of halogens is 2. The Morgan fingerprint density at radius 1 is 1.46 bits per heavy atom. The maximum Gasteiger partial charge on any atom is 0.475 e. The number of rotatable bonds is 5. The summed E-state index contributed by atoms with van der Waals surface area (Å²) >= 11 is 6.16. The molecular weight excluding hydrogens is 504 g/mol. The fourth-order valence-corrected chi connectivity index (χ4v) is 6.08. The van der Waals surface area contributed by atoms with Crippen molar-refractivity contribution in [1.29, 1.82) is 0 Å². The Hall–Kier alpha value is -2.60. The number of fused-ring (bicyclic) bond motifs is 1. The number of aliphatic hydroxyl groups excluding tert-OH is 1. The van der Waals surface area contributed by atoms with Crippen LogP contribution < -0.4 is 11.3 Å². The fourth-order valence-electron chi connectivity index (χ4n) is 4.44. The Morgan fingerprint density at radius 3 is 3.06 bits per heavy atom. The van der Waals surface area contributed by atoms with Crippen molar-refractivity contribution in [1.82, 2.24) is 19.5 Å². The van der Waals surface area contributed by atoms with E-state index in [4.69, 9.17) is 30.9 Å². The summed E-state index contributed by atoms with van der Waals surface area (Å²) in [6, 6.07) is 3.38. The summed E-state index contributed by atoms with van der Waals surface area (Å²) in [6.45, 7) is 3.92. The number of nitrogen functional groups attached to an aromatic ring is 1. The van der Waals surface area contributed by atoms with Crippen LogP contribution in [0.15, 0.2) is 41.5 Å². The lowest BCUT2D eigenvalue weighted by Gasteiger charge is -2.30. The van der Waals surface area contributed by atoms with Crippen molar-refractivity contribution >= 4 is 36.5 Å². The van der Waals surface area contributed by atoms with Crippen LogP contribution in [-0.2, 0) is 18.1 Å². The summed E-state index contributed by atoms with van der Waals surface area (Å²) in [5.74, 6) is -1.18. The molecule has 1 saturated carbocycles. The molecule has 0 bridgehead atoms. The lowest BCUT2D eigenvalue weighted by molar-refractivity contribution is 0.0165. The highest BCUT2D eigenvalue weighted by Crippen LogP contribution is 2.58. The highest BCUT2D eigenvalue weighted by molar-refractivity contribution is 7.48. The van der Waals surface area contributed by atoms with Crippen LogP contribution in [0.25, 0.3) is 11.2 Å². The van der Waals surface area contributed by atoms with Crippen LogP contribution in [0.4, 0.5) is 10.3 Å². The van der Waals surface area contributed by atoms with Gasteiger partial charge in [0.2, 0.25) is 5.95 Å². The molecule has 14 heteroatoms. The molecule has 2 fully saturated rings. The number of aromatic amines is 1. The lowest BCUT2D eigenvalue weighted by Crippen LogP contribution is -2.22. The Balaban J connectivity index is 1.31. The smallest absolute Gasteiger partial charge is 0.392 e. The monoisotopic (exact) mass is 525 g/mol. The third kappa shape index (κ3) is 4.53. The SMILES string of the molecule is C=C1[C@H](COP2(=O)OCC[C@H](c3cc(F)ccc3Cl)O2)[C@@H](O)C[C@@H]1n1cnc2c(=O)[nH]c(N)nc21. The molecule has 5 rings (SSSR count). The minimum absolute atomic E-state index is 0.0498. The van der Waals surface area contributed by atoms with E-state index >= 15 is 0 Å². The van der Waals surface area contributed by atoms with Crippen molar-refractivity contribution in [2.75, 3.05) is 18.9 Å². The molecule has 2 aliphatic rings. The largest absolute Gasteiger partial charge is 0.475 e. The Morgan fingerprint density at radius 2 is 2.26 bits per heavy atom. The first kappa shape index (κ1) is 24.1. The number of anilines is 1. The Labute approximate surface area is 203 Å². The van der Waals surface area contributed by atoms with E-state index in [0.717, 1.165) is 0 Å². The normalized spacial score (nSPS) is 29.2. The number of imidazole rings is 1. The van der Waals surface area contributed by atoms with E-state index in [0.29, 0.717) is 17.6 Å². The van der Waals surface area contributed by atoms with Crippen molar-refractivity contribution in [2.24, 2.45) is 5.92 Å². The number of aliphatic hydroxyl groups is 1. The van der Waals surface area contributed by atoms with Gasteiger partial charge < -0.3 is 15.4 Å². The summed E-state index contributed by atoms with van der Waals surface area (Å²) in [4.78, 5) is 22.7. The van der Waals surface area contributed by atoms with Gasteiger partial charge in [-0.2, -0.15) is 4.98 Å². The van der Waals surface area contributed by atoms with Gasteiger partial charge in [0.1, 0.15) is 5.82 Å². The summed E-state index contributed by atoms with van der Waals surface area (Å²) in [6.07, 6.45) is 0.296. The number of nitrogens with two attached hydrogens (primary N) is 1. The molecule has 2 aromatic heterocycles. The maximum absolute atomic E-state index is 13.7. The quantitative estimate of drug-likeness (QED) is 0.336. The number of H-pyrrole nitrogens is 1. The number of phosphoric acid groups is 1. The molecule has 1 unspecified atom stereocenters. The fraction of sp³-hybridized carbons (Fsp3) is 0.381.